The van der Waals surface area contributed by atoms with Gasteiger partial charge in [-0.3, -0.25) is 4.98 Å². The molecular weight excluding hydrogens is 220 g/mol. The maximum absolute atomic E-state index is 4.50. The van der Waals surface area contributed by atoms with Gasteiger partial charge in [0.15, 0.2) is 0 Å². The van der Waals surface area contributed by atoms with Crippen LogP contribution in [-0.2, 0) is 6.54 Å². The number of pyridine rings is 1. The molecule has 0 saturated heterocycles. The molecule has 1 aliphatic carbocycles. The van der Waals surface area contributed by atoms with Gasteiger partial charge in [-0.15, -0.1) is 0 Å². The molecule has 3 rings (SSSR count). The second-order valence-corrected chi connectivity index (χ2v) is 5.49. The Morgan fingerprint density at radius 1 is 1.22 bits per heavy atom. The first-order valence-corrected chi connectivity index (χ1v) is 6.89. The summed E-state index contributed by atoms with van der Waals surface area (Å²) in [5.41, 5.74) is 2.45. The molecule has 0 amide bonds. The highest BCUT2D eigenvalue weighted by molar-refractivity contribution is 5.81. The summed E-state index contributed by atoms with van der Waals surface area (Å²) in [6.07, 6.45) is 5.88. The van der Waals surface area contributed by atoms with Crippen molar-refractivity contribution < 1.29 is 0 Å². The maximum atomic E-state index is 4.50. The van der Waals surface area contributed by atoms with Gasteiger partial charge in [-0.2, -0.15) is 0 Å². The number of fused-ring (bicyclic) bond motifs is 1. The zero-order valence-electron chi connectivity index (χ0n) is 10.9. The first kappa shape index (κ1) is 11.7. The SMILES string of the molecule is CC1CCC(NCc2cccc3cccnc23)C1. The summed E-state index contributed by atoms with van der Waals surface area (Å²) >= 11 is 0. The van der Waals surface area contributed by atoms with E-state index < -0.39 is 0 Å². The Kier molecular flexibility index (Phi) is 3.28. The smallest absolute Gasteiger partial charge is 0.0746 e. The van der Waals surface area contributed by atoms with E-state index >= 15 is 0 Å². The molecule has 2 nitrogen and oxygen atoms in total. The average Bonchev–Trinajstić information content (AvgIpc) is 2.82. The molecule has 1 N–H and O–H groups in total. The summed E-state index contributed by atoms with van der Waals surface area (Å²) in [6, 6.07) is 11.3. The summed E-state index contributed by atoms with van der Waals surface area (Å²) in [7, 11) is 0. The third-order valence-electron chi connectivity index (χ3n) is 3.99. The molecule has 94 valence electrons. The van der Waals surface area contributed by atoms with Crippen molar-refractivity contribution in [3.05, 3.63) is 42.1 Å². The van der Waals surface area contributed by atoms with Crippen molar-refractivity contribution >= 4 is 10.9 Å². The van der Waals surface area contributed by atoms with Gasteiger partial charge in [0.05, 0.1) is 5.52 Å². The molecule has 1 saturated carbocycles. The lowest BCUT2D eigenvalue weighted by molar-refractivity contribution is 0.503. The Balaban J connectivity index is 1.74. The van der Waals surface area contributed by atoms with E-state index in [0.717, 1.165) is 18.0 Å². The minimum atomic E-state index is 0.693. The van der Waals surface area contributed by atoms with Crippen molar-refractivity contribution in [2.75, 3.05) is 0 Å². The largest absolute Gasteiger partial charge is 0.310 e. The average molecular weight is 240 g/mol. The number of rotatable bonds is 3. The number of para-hydroxylation sites is 1. The minimum Gasteiger partial charge on any atom is -0.310 e. The number of nitrogens with zero attached hydrogens (tertiary/aromatic N) is 1. The molecule has 2 atom stereocenters. The van der Waals surface area contributed by atoms with E-state index in [-0.39, 0.29) is 0 Å². The highest BCUT2D eigenvalue weighted by atomic mass is 14.9. The second kappa shape index (κ2) is 5.07. The van der Waals surface area contributed by atoms with Gasteiger partial charge in [0.1, 0.15) is 0 Å². The van der Waals surface area contributed by atoms with Gasteiger partial charge in [0.2, 0.25) is 0 Å². The molecule has 1 aromatic heterocycles. The zero-order chi connectivity index (χ0) is 12.4. The van der Waals surface area contributed by atoms with Gasteiger partial charge in [-0.25, -0.2) is 0 Å². The monoisotopic (exact) mass is 240 g/mol. The van der Waals surface area contributed by atoms with Crippen LogP contribution in [-0.4, -0.2) is 11.0 Å². The van der Waals surface area contributed by atoms with Crippen LogP contribution in [0, 0.1) is 5.92 Å². The van der Waals surface area contributed by atoms with Crippen LogP contribution in [0.4, 0.5) is 0 Å². The molecule has 2 unspecified atom stereocenters. The quantitative estimate of drug-likeness (QED) is 0.888. The van der Waals surface area contributed by atoms with E-state index in [9.17, 15) is 0 Å². The van der Waals surface area contributed by atoms with Crippen LogP contribution in [0.2, 0.25) is 0 Å². The fraction of sp³-hybridized carbons (Fsp3) is 0.438. The molecule has 0 bridgehead atoms. The summed E-state index contributed by atoms with van der Waals surface area (Å²) < 4.78 is 0. The Morgan fingerprint density at radius 3 is 2.94 bits per heavy atom. The van der Waals surface area contributed by atoms with E-state index in [2.05, 4.69) is 41.5 Å². The first-order chi connectivity index (χ1) is 8.83. The molecule has 1 heterocycles. The standard InChI is InChI=1S/C16H20N2/c1-12-7-8-15(10-12)18-11-14-5-2-4-13-6-3-9-17-16(13)14/h2-6,9,12,15,18H,7-8,10-11H2,1H3. The Bertz CT molecular complexity index is 530. The molecule has 2 aromatic rings. The van der Waals surface area contributed by atoms with E-state index in [1.54, 1.807) is 0 Å². The fourth-order valence-electron chi connectivity index (χ4n) is 2.96. The zero-order valence-corrected chi connectivity index (χ0v) is 10.9. The van der Waals surface area contributed by atoms with Gasteiger partial charge in [-0.05, 0) is 36.8 Å². The van der Waals surface area contributed by atoms with Crippen LogP contribution in [0.5, 0.6) is 0 Å². The number of benzene rings is 1. The molecular formula is C16H20N2. The highest BCUT2D eigenvalue weighted by Gasteiger charge is 2.20. The molecule has 0 spiro atoms. The molecule has 0 radical (unpaired) electrons. The van der Waals surface area contributed by atoms with Crippen LogP contribution in [0.1, 0.15) is 31.7 Å². The lowest BCUT2D eigenvalue weighted by Crippen LogP contribution is -2.25. The molecule has 0 aliphatic heterocycles. The summed E-state index contributed by atoms with van der Waals surface area (Å²) in [5, 5.41) is 4.91. The lowest BCUT2D eigenvalue weighted by atomic mass is 10.1. The Hall–Kier alpha value is -1.41. The third kappa shape index (κ3) is 2.39. The van der Waals surface area contributed by atoms with Gasteiger partial charge >= 0.3 is 0 Å². The van der Waals surface area contributed by atoms with Crippen molar-refractivity contribution in [2.24, 2.45) is 5.92 Å². The van der Waals surface area contributed by atoms with Crippen LogP contribution in [0.3, 0.4) is 0 Å². The highest BCUT2D eigenvalue weighted by Crippen LogP contribution is 2.25. The van der Waals surface area contributed by atoms with Gasteiger partial charge < -0.3 is 5.32 Å². The van der Waals surface area contributed by atoms with E-state index in [0.29, 0.717) is 6.04 Å². The fourth-order valence-corrected chi connectivity index (χ4v) is 2.96. The molecule has 18 heavy (non-hydrogen) atoms. The van der Waals surface area contributed by atoms with Crippen LogP contribution < -0.4 is 5.32 Å². The van der Waals surface area contributed by atoms with Crippen LogP contribution in [0.25, 0.3) is 10.9 Å². The van der Waals surface area contributed by atoms with Crippen molar-refractivity contribution in [1.29, 1.82) is 0 Å². The minimum absolute atomic E-state index is 0.693. The molecule has 1 aliphatic rings. The lowest BCUT2D eigenvalue weighted by Gasteiger charge is -2.13. The van der Waals surface area contributed by atoms with E-state index in [1.807, 2.05) is 12.3 Å². The van der Waals surface area contributed by atoms with Crippen LogP contribution in [0.15, 0.2) is 36.5 Å². The van der Waals surface area contributed by atoms with E-state index in [4.69, 9.17) is 0 Å². The Morgan fingerprint density at radius 2 is 2.11 bits per heavy atom. The summed E-state index contributed by atoms with van der Waals surface area (Å²) in [4.78, 5) is 4.50. The van der Waals surface area contributed by atoms with Crippen molar-refractivity contribution in [3.63, 3.8) is 0 Å². The molecule has 1 aromatic carbocycles. The number of nitrogens with one attached hydrogen (secondary N) is 1. The predicted molar refractivity (Wildman–Crippen MR) is 75.4 cm³/mol. The van der Waals surface area contributed by atoms with Gasteiger partial charge in [0, 0.05) is 24.2 Å². The van der Waals surface area contributed by atoms with Gasteiger partial charge in [-0.1, -0.05) is 31.2 Å². The van der Waals surface area contributed by atoms with Crippen molar-refractivity contribution in [2.45, 2.75) is 38.8 Å². The Labute approximate surface area is 108 Å². The number of aromatic nitrogens is 1. The van der Waals surface area contributed by atoms with Crippen molar-refractivity contribution in [1.82, 2.24) is 10.3 Å². The molecule has 2 heteroatoms. The van der Waals surface area contributed by atoms with Gasteiger partial charge in [0.25, 0.3) is 0 Å². The third-order valence-corrected chi connectivity index (χ3v) is 3.99. The molecule has 1 fully saturated rings. The van der Waals surface area contributed by atoms with E-state index in [1.165, 1.54) is 30.2 Å². The van der Waals surface area contributed by atoms with Crippen LogP contribution >= 0.6 is 0 Å². The summed E-state index contributed by atoms with van der Waals surface area (Å²) in [6.45, 7) is 3.28. The topological polar surface area (TPSA) is 24.9 Å². The predicted octanol–water partition coefficient (Wildman–Crippen LogP) is 3.51. The first-order valence-electron chi connectivity index (χ1n) is 6.89. The number of hydrogen-bond donors (Lipinski definition) is 1. The summed E-state index contributed by atoms with van der Waals surface area (Å²) in [5.74, 6) is 0.883. The second-order valence-electron chi connectivity index (χ2n) is 5.49. The van der Waals surface area contributed by atoms with Crippen molar-refractivity contribution in [3.8, 4) is 0 Å². The normalized spacial score (nSPS) is 23.6. The maximum Gasteiger partial charge on any atom is 0.0746 e. The number of hydrogen-bond acceptors (Lipinski definition) is 2.